The first-order valence-electron chi connectivity index (χ1n) is 14.0. The van der Waals surface area contributed by atoms with Crippen molar-refractivity contribution in [3.8, 4) is 11.5 Å². The number of rotatable bonds is 19. The van der Waals surface area contributed by atoms with E-state index < -0.39 is 95.1 Å². The third kappa shape index (κ3) is 12.4. The number of aliphatic hydroxyl groups is 6. The molecule has 0 amide bonds. The second-order valence-electron chi connectivity index (χ2n) is 10.4. The van der Waals surface area contributed by atoms with E-state index in [1.807, 2.05) is 0 Å². The Bertz CT molecular complexity index is 1360. The lowest BCUT2D eigenvalue weighted by atomic mass is 9.97. The normalized spacial score (nSPS) is 13.5. The molecule has 0 aliphatic rings. The van der Waals surface area contributed by atoms with Crippen molar-refractivity contribution in [2.24, 2.45) is 0 Å². The van der Waals surface area contributed by atoms with Gasteiger partial charge in [0.2, 0.25) is 0 Å². The minimum atomic E-state index is -1.63. The zero-order valence-corrected chi connectivity index (χ0v) is 25.2. The highest BCUT2D eigenvalue weighted by molar-refractivity contribution is 5.86. The number of hydrogen-bond acceptors (Lipinski definition) is 14. The smallest absolute Gasteiger partial charge is 0.359 e. The summed E-state index contributed by atoms with van der Waals surface area (Å²) in [6.07, 6.45) is -1.03. The van der Waals surface area contributed by atoms with E-state index in [-0.39, 0.29) is 56.6 Å². The molecule has 0 aromatic heterocycles. The first-order chi connectivity index (χ1) is 22.2. The van der Waals surface area contributed by atoms with Crippen LogP contribution in [-0.4, -0.2) is 113 Å². The molecule has 0 aliphatic heterocycles. The van der Waals surface area contributed by atoms with E-state index >= 15 is 0 Å². The van der Waals surface area contributed by atoms with Crippen molar-refractivity contribution in [1.29, 1.82) is 0 Å². The molecular weight excluding hydrogens is 632 g/mol. The summed E-state index contributed by atoms with van der Waals surface area (Å²) in [6.45, 7) is -5.24. The van der Waals surface area contributed by atoms with Crippen LogP contribution in [0.2, 0.25) is 0 Å². The molecule has 18 heteroatoms. The Morgan fingerprint density at radius 1 is 0.617 bits per heavy atom. The van der Waals surface area contributed by atoms with Crippen LogP contribution in [0, 0.1) is 0 Å². The summed E-state index contributed by atoms with van der Waals surface area (Å²) in [5.74, 6) is -6.47. The number of phenols is 2. The van der Waals surface area contributed by atoms with Crippen molar-refractivity contribution < 1.29 is 90.3 Å². The van der Waals surface area contributed by atoms with Gasteiger partial charge >= 0.3 is 11.9 Å². The topological polar surface area (TPSA) is 326 Å². The second-order valence-corrected chi connectivity index (χ2v) is 10.4. The fourth-order valence-corrected chi connectivity index (χ4v) is 5.18. The van der Waals surface area contributed by atoms with Crippen molar-refractivity contribution in [2.45, 2.75) is 58.0 Å². The van der Waals surface area contributed by atoms with Crippen LogP contribution in [0.25, 0.3) is 0 Å². The standard InChI is InChI=1S/C26H36N2O12.C3H4O4/c29-9-15-3-17(11-31)18(24(36)4-15)5-27(7-25(37)38)21(13-33)22(14-34)28(8-26(39)40)6-19-20(12-32)16(10-30)1-2-23(19)35;4-2(5)1-3(6)7/h1-4,21-22,29-36H,5-14H2,(H,37,38)(H,39,40);1H2,(H,4,5)(H,6,7)/t21-,22?;/m1./s1. The molecule has 0 saturated carbocycles. The summed E-state index contributed by atoms with van der Waals surface area (Å²) in [5, 5.41) is 119. The average molecular weight is 673 g/mol. The summed E-state index contributed by atoms with van der Waals surface area (Å²) in [6, 6.07) is 3.09. The molecule has 0 bridgehead atoms. The highest BCUT2D eigenvalue weighted by Crippen LogP contribution is 2.25. The summed E-state index contributed by atoms with van der Waals surface area (Å²) in [7, 11) is 0. The van der Waals surface area contributed by atoms with Gasteiger partial charge in [-0.3, -0.25) is 0 Å². The third-order valence-corrected chi connectivity index (χ3v) is 7.34. The largest absolute Gasteiger partial charge is 0.550 e. The average Bonchev–Trinajstić information content (AvgIpc) is 2.99. The minimum Gasteiger partial charge on any atom is -0.550 e. The number of aliphatic hydroxyl groups excluding tert-OH is 6. The van der Waals surface area contributed by atoms with Gasteiger partial charge in [0, 0.05) is 18.4 Å². The van der Waals surface area contributed by atoms with Crippen molar-refractivity contribution in [3.63, 3.8) is 0 Å². The summed E-state index contributed by atoms with van der Waals surface area (Å²) >= 11 is 0. The summed E-state index contributed by atoms with van der Waals surface area (Å²) in [4.78, 5) is 42.4. The fourth-order valence-electron chi connectivity index (χ4n) is 5.18. The van der Waals surface area contributed by atoms with Gasteiger partial charge in [0.05, 0.1) is 37.6 Å². The van der Waals surface area contributed by atoms with Gasteiger partial charge in [0.1, 0.15) is 37.8 Å². The number of carboxylic acids is 4. The summed E-state index contributed by atoms with van der Waals surface area (Å²) < 4.78 is 0. The van der Waals surface area contributed by atoms with E-state index in [4.69, 9.17) is 0 Å². The van der Waals surface area contributed by atoms with E-state index in [0.29, 0.717) is 11.1 Å². The Labute approximate surface area is 267 Å². The zero-order chi connectivity index (χ0) is 35.8. The van der Waals surface area contributed by atoms with Crippen LogP contribution >= 0.6 is 0 Å². The number of benzene rings is 2. The van der Waals surface area contributed by atoms with Crippen LogP contribution < -0.4 is 20.0 Å². The lowest BCUT2D eigenvalue weighted by molar-refractivity contribution is -1.00. The van der Waals surface area contributed by atoms with E-state index in [9.17, 15) is 80.5 Å². The van der Waals surface area contributed by atoms with Crippen LogP contribution in [0.5, 0.6) is 11.5 Å². The molecule has 0 fully saturated rings. The molecule has 18 nitrogen and oxygen atoms in total. The number of phenolic OH excluding ortho intramolecular Hbond substituents is 2. The van der Waals surface area contributed by atoms with Gasteiger partial charge in [-0.05, 0) is 34.4 Å². The monoisotopic (exact) mass is 672 g/mol. The van der Waals surface area contributed by atoms with Crippen LogP contribution in [0.1, 0.15) is 39.8 Å². The van der Waals surface area contributed by atoms with Gasteiger partial charge in [-0.1, -0.05) is 12.1 Å². The third-order valence-electron chi connectivity index (χ3n) is 7.34. The summed E-state index contributed by atoms with van der Waals surface area (Å²) in [5.41, 5.74) is 1.22. The van der Waals surface area contributed by atoms with Crippen molar-refractivity contribution >= 4 is 23.9 Å². The zero-order valence-electron chi connectivity index (χ0n) is 25.2. The maximum atomic E-state index is 11.8. The molecule has 2 aromatic carbocycles. The Kier molecular flexibility index (Phi) is 17.3. The molecule has 3 unspecified atom stereocenters. The highest BCUT2D eigenvalue weighted by atomic mass is 16.4. The first kappa shape index (κ1) is 40.6. The molecule has 47 heavy (non-hydrogen) atoms. The molecule has 0 radical (unpaired) electrons. The Morgan fingerprint density at radius 3 is 1.47 bits per heavy atom. The Morgan fingerprint density at radius 2 is 1.11 bits per heavy atom. The molecule has 2 rings (SSSR count). The maximum absolute atomic E-state index is 11.8. The van der Waals surface area contributed by atoms with Gasteiger partial charge in [0.25, 0.3) is 0 Å². The number of hydrogen-bond donors (Lipinski definition) is 12. The lowest BCUT2D eigenvalue weighted by Crippen LogP contribution is -3.26. The van der Waals surface area contributed by atoms with Crippen LogP contribution in [0.3, 0.4) is 0 Å². The Hall–Kier alpha value is -4.40. The molecule has 0 saturated heterocycles. The molecule has 12 N–H and O–H groups in total. The molecule has 262 valence electrons. The Balaban J connectivity index is 0.00000141. The molecule has 0 aliphatic carbocycles. The molecule has 2 aromatic rings. The SMILES string of the molecule is O=C(O)C[NH+](Cc1c(O)ccc(CO)c1CO)C(CO)[C@@H](CO)[NH+](CC(=O)O)Cc1c(O)cc(CO)cc1CO.O=C([O-])CC(=O)[O-]. The molecular formula is C29H40N2O16. The fraction of sp³-hybridized carbons (Fsp3) is 0.448. The van der Waals surface area contributed by atoms with Crippen molar-refractivity contribution in [3.05, 3.63) is 57.6 Å². The van der Waals surface area contributed by atoms with Gasteiger partial charge in [-0.25, -0.2) is 9.59 Å². The van der Waals surface area contributed by atoms with Crippen LogP contribution in [0.4, 0.5) is 0 Å². The highest BCUT2D eigenvalue weighted by Gasteiger charge is 2.41. The number of quaternary nitrogens is 2. The second kappa shape index (κ2) is 20.0. The van der Waals surface area contributed by atoms with E-state index in [1.54, 1.807) is 0 Å². The number of aromatic hydroxyl groups is 2. The maximum Gasteiger partial charge on any atom is 0.359 e. The van der Waals surface area contributed by atoms with E-state index in [1.165, 1.54) is 24.3 Å². The number of aliphatic carboxylic acids is 4. The van der Waals surface area contributed by atoms with Gasteiger partial charge in [-0.15, -0.1) is 0 Å². The predicted octanol–water partition coefficient (Wildman–Crippen LogP) is -7.70. The molecule has 0 heterocycles. The van der Waals surface area contributed by atoms with E-state index in [2.05, 4.69) is 0 Å². The number of carbonyl (C=O) groups is 4. The predicted molar refractivity (Wildman–Crippen MR) is 151 cm³/mol. The van der Waals surface area contributed by atoms with Crippen molar-refractivity contribution in [1.82, 2.24) is 0 Å². The molecule has 4 atom stereocenters. The van der Waals surface area contributed by atoms with Gasteiger partial charge in [-0.2, -0.15) is 0 Å². The van der Waals surface area contributed by atoms with Crippen molar-refractivity contribution in [2.75, 3.05) is 26.3 Å². The number of nitrogens with one attached hydrogen (secondary N) is 2. The lowest BCUT2D eigenvalue weighted by Gasteiger charge is -2.36. The number of carboxylic acid groups (broad SMARTS) is 4. The molecule has 0 spiro atoms. The quantitative estimate of drug-likeness (QED) is 0.0617. The van der Waals surface area contributed by atoms with Crippen LogP contribution in [-0.2, 0) is 58.7 Å². The first-order valence-corrected chi connectivity index (χ1v) is 14.0. The minimum absolute atomic E-state index is 0.110. The van der Waals surface area contributed by atoms with Crippen LogP contribution in [0.15, 0.2) is 24.3 Å². The van der Waals surface area contributed by atoms with Gasteiger partial charge < -0.3 is 80.7 Å². The van der Waals surface area contributed by atoms with E-state index in [0.717, 1.165) is 0 Å². The number of carbonyl (C=O) groups excluding carboxylic acids is 2. The van der Waals surface area contributed by atoms with Gasteiger partial charge in [0.15, 0.2) is 25.2 Å².